The van der Waals surface area contributed by atoms with Crippen LogP contribution >= 0.6 is 7.82 Å². The molecule has 10 heteroatoms. The summed E-state index contributed by atoms with van der Waals surface area (Å²) in [5.74, 6) is -1.16. The van der Waals surface area contributed by atoms with Crippen LogP contribution < -0.4 is 0 Å². The molecule has 0 bridgehead atoms. The Hall–Kier alpha value is -1.77. The lowest BCUT2D eigenvalue weighted by Crippen LogP contribution is -2.28. The molecular weight excluding hydrogens is 475 g/mol. The van der Waals surface area contributed by atoms with Crippen molar-refractivity contribution in [1.82, 2.24) is 0 Å². The van der Waals surface area contributed by atoms with Gasteiger partial charge in [0.25, 0.3) is 0 Å². The normalized spacial score (nSPS) is 19.0. The maximum atomic E-state index is 11.9. The zero-order chi connectivity index (χ0) is 25.9. The molecule has 3 atom stereocenters. The van der Waals surface area contributed by atoms with Gasteiger partial charge in [0.15, 0.2) is 6.10 Å². The molecule has 0 spiro atoms. The Labute approximate surface area is 208 Å². The summed E-state index contributed by atoms with van der Waals surface area (Å²) in [6.07, 6.45) is 21.5. The van der Waals surface area contributed by atoms with Crippen molar-refractivity contribution in [1.29, 1.82) is 0 Å². The van der Waals surface area contributed by atoms with Crippen LogP contribution in [0, 0.1) is 0 Å². The molecule has 1 saturated heterocycles. The zero-order valence-electron chi connectivity index (χ0n) is 20.9. The van der Waals surface area contributed by atoms with E-state index < -0.39 is 32.5 Å². The lowest BCUT2D eigenvalue weighted by atomic mass is 10.1. The molecule has 1 fully saturated rings. The van der Waals surface area contributed by atoms with Gasteiger partial charge in [0, 0.05) is 13.3 Å². The van der Waals surface area contributed by atoms with Gasteiger partial charge in [-0.15, -0.1) is 0 Å². The summed E-state index contributed by atoms with van der Waals surface area (Å²) in [6.45, 7) is 2.44. The molecule has 1 aliphatic heterocycles. The van der Waals surface area contributed by atoms with Crippen LogP contribution in [0.15, 0.2) is 36.5 Å². The van der Waals surface area contributed by atoms with E-state index in [-0.39, 0.29) is 25.2 Å². The van der Waals surface area contributed by atoms with Crippen LogP contribution in [0.4, 0.5) is 0 Å². The van der Waals surface area contributed by atoms with Crippen LogP contribution in [0.25, 0.3) is 0 Å². The number of carbonyl (C=O) groups excluding carboxylic acids is 2. The summed E-state index contributed by atoms with van der Waals surface area (Å²) in [5, 5.41) is 0. The number of phosphoric acid groups is 1. The molecule has 2 N–H and O–H groups in total. The molecule has 0 amide bonds. The van der Waals surface area contributed by atoms with Gasteiger partial charge in [-0.3, -0.25) is 14.1 Å². The van der Waals surface area contributed by atoms with Crippen molar-refractivity contribution < 1.29 is 42.7 Å². The largest absolute Gasteiger partial charge is 0.469 e. The van der Waals surface area contributed by atoms with Crippen molar-refractivity contribution in [2.24, 2.45) is 0 Å². The number of epoxide rings is 1. The van der Waals surface area contributed by atoms with Gasteiger partial charge in [-0.25, -0.2) is 4.57 Å². The van der Waals surface area contributed by atoms with E-state index in [1.807, 2.05) is 0 Å². The van der Waals surface area contributed by atoms with Crippen molar-refractivity contribution in [3.63, 3.8) is 0 Å². The van der Waals surface area contributed by atoms with E-state index in [4.69, 9.17) is 24.0 Å². The molecule has 0 saturated carbocycles. The first-order chi connectivity index (χ1) is 16.7. The number of allylic oxidation sites excluding steroid dienone is 5. The van der Waals surface area contributed by atoms with Crippen LogP contribution in [0.1, 0.15) is 78.1 Å². The van der Waals surface area contributed by atoms with Crippen molar-refractivity contribution >= 4 is 19.8 Å². The summed E-state index contributed by atoms with van der Waals surface area (Å²) in [4.78, 5) is 40.5. The van der Waals surface area contributed by atoms with Crippen molar-refractivity contribution in [3.05, 3.63) is 36.5 Å². The lowest BCUT2D eigenvalue weighted by molar-refractivity contribution is -0.159. The highest BCUT2D eigenvalue weighted by Crippen LogP contribution is 2.36. The van der Waals surface area contributed by atoms with Crippen molar-refractivity contribution in [2.45, 2.75) is 96.4 Å². The molecular formula is C25H41O9P. The Morgan fingerprint density at radius 1 is 0.971 bits per heavy atom. The first-order valence-electron chi connectivity index (χ1n) is 12.3. The predicted octanol–water partition coefficient (Wildman–Crippen LogP) is 4.93. The van der Waals surface area contributed by atoms with E-state index in [9.17, 15) is 14.2 Å². The summed E-state index contributed by atoms with van der Waals surface area (Å²) in [6, 6.07) is 0. The molecule has 9 nitrogen and oxygen atoms in total. The molecule has 200 valence electrons. The van der Waals surface area contributed by atoms with E-state index in [0.29, 0.717) is 6.42 Å². The number of rotatable bonds is 20. The van der Waals surface area contributed by atoms with Gasteiger partial charge in [0.2, 0.25) is 0 Å². The third kappa shape index (κ3) is 19.1. The second-order valence-electron chi connectivity index (χ2n) is 8.42. The minimum Gasteiger partial charge on any atom is -0.462 e. The summed E-state index contributed by atoms with van der Waals surface area (Å²) in [7, 11) is -4.72. The predicted molar refractivity (Wildman–Crippen MR) is 132 cm³/mol. The fraction of sp³-hybridized carbons (Fsp3) is 0.680. The highest BCUT2D eigenvalue weighted by Gasteiger charge is 2.36. The van der Waals surface area contributed by atoms with Gasteiger partial charge in [-0.1, -0.05) is 56.2 Å². The van der Waals surface area contributed by atoms with Crippen LogP contribution in [0.3, 0.4) is 0 Å². The van der Waals surface area contributed by atoms with E-state index in [2.05, 4.69) is 47.9 Å². The Bertz CT molecular complexity index is 741. The monoisotopic (exact) mass is 516 g/mol. The van der Waals surface area contributed by atoms with E-state index >= 15 is 0 Å². The summed E-state index contributed by atoms with van der Waals surface area (Å²) in [5.41, 5.74) is 0. The minimum absolute atomic E-state index is 0.145. The van der Waals surface area contributed by atoms with E-state index in [1.54, 1.807) is 0 Å². The summed E-state index contributed by atoms with van der Waals surface area (Å²) >= 11 is 0. The first kappa shape index (κ1) is 31.3. The molecule has 1 aliphatic rings. The third-order valence-corrected chi connectivity index (χ3v) is 5.62. The lowest BCUT2D eigenvalue weighted by Gasteiger charge is -2.17. The molecule has 0 aromatic carbocycles. The number of phosphoric ester groups is 1. The van der Waals surface area contributed by atoms with Gasteiger partial charge in [-0.2, -0.15) is 0 Å². The number of unbranched alkanes of at least 4 members (excludes halogenated alkanes) is 3. The average Bonchev–Trinajstić information content (AvgIpc) is 3.53. The number of hydrogen-bond acceptors (Lipinski definition) is 7. The van der Waals surface area contributed by atoms with Crippen LogP contribution in [0.2, 0.25) is 0 Å². The van der Waals surface area contributed by atoms with Crippen molar-refractivity contribution in [3.8, 4) is 0 Å². The Balaban J connectivity index is 2.08. The zero-order valence-corrected chi connectivity index (χ0v) is 21.8. The SMILES string of the molecule is CCCCC/C=C\C/C=C\C/C=C\CC1OC1CCCC(=O)OC[C@H](COP(=O)(O)O)OC(C)=O. The Morgan fingerprint density at radius 2 is 1.66 bits per heavy atom. The van der Waals surface area contributed by atoms with Gasteiger partial charge in [0.1, 0.15) is 6.61 Å². The molecule has 0 aromatic heterocycles. The molecule has 35 heavy (non-hydrogen) atoms. The Kier molecular flexibility index (Phi) is 16.5. The fourth-order valence-electron chi connectivity index (χ4n) is 3.28. The first-order valence-corrected chi connectivity index (χ1v) is 13.9. The molecule has 0 aliphatic carbocycles. The average molecular weight is 517 g/mol. The number of esters is 2. The quantitative estimate of drug-likeness (QED) is 0.0760. The highest BCUT2D eigenvalue weighted by atomic mass is 31.2. The van der Waals surface area contributed by atoms with Crippen LogP contribution in [-0.2, 0) is 32.9 Å². The van der Waals surface area contributed by atoms with Crippen LogP contribution in [0.5, 0.6) is 0 Å². The molecule has 2 unspecified atom stereocenters. The second-order valence-corrected chi connectivity index (χ2v) is 9.66. The maximum Gasteiger partial charge on any atom is 0.469 e. The maximum absolute atomic E-state index is 11.9. The smallest absolute Gasteiger partial charge is 0.462 e. The van der Waals surface area contributed by atoms with E-state index in [0.717, 1.165) is 32.6 Å². The topological polar surface area (TPSA) is 132 Å². The summed E-state index contributed by atoms with van der Waals surface area (Å²) < 4.78 is 30.6. The second kappa shape index (κ2) is 18.5. The van der Waals surface area contributed by atoms with Gasteiger partial charge in [-0.05, 0) is 44.9 Å². The minimum atomic E-state index is -4.72. The standard InChI is InChI=1S/C25H41O9P/c1-3-4-5-6-7-8-9-10-11-12-13-14-16-23-24(34-23)17-15-18-25(27)31-19-22(33-21(2)26)20-32-35(28,29)30/h7-8,10-11,13-14,22-24H,3-6,9,12,15-20H2,1-2H3,(H2,28,29,30)/b8-7-,11-10-,14-13-/t22-,23?,24?/m1/s1. The van der Waals surface area contributed by atoms with Gasteiger partial charge >= 0.3 is 19.8 Å². The molecule has 1 heterocycles. The third-order valence-electron chi connectivity index (χ3n) is 5.14. The van der Waals surface area contributed by atoms with Crippen LogP contribution in [-0.4, -0.2) is 53.3 Å². The van der Waals surface area contributed by atoms with Gasteiger partial charge < -0.3 is 24.0 Å². The van der Waals surface area contributed by atoms with E-state index in [1.165, 1.54) is 25.7 Å². The molecule has 0 radical (unpaired) electrons. The highest BCUT2D eigenvalue weighted by molar-refractivity contribution is 7.46. The van der Waals surface area contributed by atoms with Gasteiger partial charge in [0.05, 0.1) is 18.8 Å². The number of hydrogen-bond donors (Lipinski definition) is 2. The fourth-order valence-corrected chi connectivity index (χ4v) is 3.64. The Morgan fingerprint density at radius 3 is 2.31 bits per heavy atom. The van der Waals surface area contributed by atoms with Crippen molar-refractivity contribution in [2.75, 3.05) is 13.2 Å². The molecule has 0 aromatic rings. The number of carbonyl (C=O) groups is 2. The number of ether oxygens (including phenoxy) is 3. The molecule has 1 rings (SSSR count).